The summed E-state index contributed by atoms with van der Waals surface area (Å²) in [5.41, 5.74) is 1.25. The fraction of sp³-hybridized carbons (Fsp3) is 0.273. The second kappa shape index (κ2) is 5.60. The first-order valence-electron chi connectivity index (χ1n) is 5.53. The maximum absolute atomic E-state index is 12.2. The van der Waals surface area contributed by atoms with Gasteiger partial charge in [-0.3, -0.25) is 0 Å². The van der Waals surface area contributed by atoms with Gasteiger partial charge in [0, 0.05) is 11.1 Å². The topological polar surface area (TPSA) is 96.4 Å². The van der Waals surface area contributed by atoms with Crippen LogP contribution in [0.25, 0.3) is 0 Å². The lowest BCUT2D eigenvalue weighted by atomic mass is 10.3. The first kappa shape index (κ1) is 15.1. The van der Waals surface area contributed by atoms with E-state index < -0.39 is 16.0 Å². The number of sulfonamides is 1. The van der Waals surface area contributed by atoms with Crippen LogP contribution < -0.4 is 4.72 Å². The Balaban J connectivity index is 2.27. The fourth-order valence-corrected chi connectivity index (χ4v) is 5.05. The van der Waals surface area contributed by atoms with Crippen molar-refractivity contribution in [2.24, 2.45) is 0 Å². The van der Waals surface area contributed by atoms with Gasteiger partial charge in [-0.2, -0.15) is 0 Å². The van der Waals surface area contributed by atoms with Crippen molar-refractivity contribution in [2.75, 3.05) is 0 Å². The highest BCUT2D eigenvalue weighted by atomic mass is 32.2. The zero-order chi connectivity index (χ0) is 14.9. The molecular formula is C11H12N2O4S3. The summed E-state index contributed by atoms with van der Waals surface area (Å²) in [6.07, 6.45) is 0. The van der Waals surface area contributed by atoms with Crippen LogP contribution in [0.2, 0.25) is 0 Å². The second-order valence-electron chi connectivity index (χ2n) is 4.09. The number of hydrogen-bond acceptors (Lipinski definition) is 6. The van der Waals surface area contributed by atoms with Crippen LogP contribution in [-0.4, -0.2) is 24.5 Å². The largest absolute Gasteiger partial charge is 0.477 e. The molecule has 0 saturated carbocycles. The molecule has 2 aromatic heterocycles. The van der Waals surface area contributed by atoms with E-state index in [2.05, 4.69) is 9.71 Å². The molecule has 6 nitrogen and oxygen atoms in total. The van der Waals surface area contributed by atoms with Crippen molar-refractivity contribution in [1.82, 2.24) is 9.71 Å². The van der Waals surface area contributed by atoms with Gasteiger partial charge in [-0.25, -0.2) is 22.9 Å². The predicted octanol–water partition coefficient (Wildman–Crippen LogP) is 2.00. The summed E-state index contributed by atoms with van der Waals surface area (Å²) in [6.45, 7) is 3.44. The van der Waals surface area contributed by atoms with Gasteiger partial charge in [0.15, 0.2) is 0 Å². The Bertz CT molecular complexity index is 746. The molecule has 2 N–H and O–H groups in total. The van der Waals surface area contributed by atoms with E-state index in [1.165, 1.54) is 16.7 Å². The minimum absolute atomic E-state index is 0.0508. The molecule has 2 aromatic rings. The number of thiophene rings is 1. The van der Waals surface area contributed by atoms with Gasteiger partial charge in [-0.15, -0.1) is 22.7 Å². The van der Waals surface area contributed by atoms with Crippen molar-refractivity contribution < 1.29 is 18.3 Å². The number of nitrogens with zero attached hydrogens (tertiary/aromatic N) is 1. The van der Waals surface area contributed by atoms with E-state index in [0.717, 1.165) is 17.0 Å². The molecule has 108 valence electrons. The third-order valence-electron chi connectivity index (χ3n) is 2.46. The number of aromatic carboxylic acids is 1. The molecule has 0 spiro atoms. The molecule has 0 unspecified atom stereocenters. The third kappa shape index (κ3) is 3.06. The first-order valence-corrected chi connectivity index (χ1v) is 8.77. The molecule has 20 heavy (non-hydrogen) atoms. The highest BCUT2D eigenvalue weighted by Crippen LogP contribution is 2.27. The molecule has 0 aliphatic carbocycles. The van der Waals surface area contributed by atoms with Crippen LogP contribution in [0.15, 0.2) is 15.7 Å². The van der Waals surface area contributed by atoms with Crippen LogP contribution in [-0.2, 0) is 16.6 Å². The third-order valence-corrected chi connectivity index (χ3v) is 6.23. The van der Waals surface area contributed by atoms with E-state index in [4.69, 9.17) is 5.11 Å². The van der Waals surface area contributed by atoms with Gasteiger partial charge in [-0.05, 0) is 24.8 Å². The SMILES string of the molecule is Cc1csc(CNS(=O)(=O)c2c(C)csc2C(=O)O)n1. The monoisotopic (exact) mass is 332 g/mol. The zero-order valence-corrected chi connectivity index (χ0v) is 13.2. The van der Waals surface area contributed by atoms with E-state index in [1.54, 1.807) is 6.92 Å². The number of rotatable bonds is 5. The molecule has 0 aliphatic heterocycles. The zero-order valence-electron chi connectivity index (χ0n) is 10.7. The maximum atomic E-state index is 12.2. The Kier molecular flexibility index (Phi) is 4.23. The van der Waals surface area contributed by atoms with Crippen LogP contribution in [0.5, 0.6) is 0 Å². The lowest BCUT2D eigenvalue weighted by Crippen LogP contribution is -2.25. The van der Waals surface area contributed by atoms with Gasteiger partial charge in [0.25, 0.3) is 0 Å². The standard InChI is InChI=1S/C11H12N2O4S3/c1-6-4-19-9(11(14)15)10(6)20(16,17)12-3-8-13-7(2)5-18-8/h4-5,12H,3H2,1-2H3,(H,14,15). The Hall–Kier alpha value is -1.29. The predicted molar refractivity (Wildman–Crippen MR) is 76.9 cm³/mol. The quantitative estimate of drug-likeness (QED) is 0.873. The average molecular weight is 332 g/mol. The van der Waals surface area contributed by atoms with Crippen molar-refractivity contribution in [3.63, 3.8) is 0 Å². The van der Waals surface area contributed by atoms with Gasteiger partial charge in [0.05, 0.1) is 6.54 Å². The van der Waals surface area contributed by atoms with Gasteiger partial charge in [0.1, 0.15) is 14.8 Å². The Morgan fingerprint density at radius 3 is 2.60 bits per heavy atom. The number of carbonyl (C=O) groups is 1. The normalized spacial score (nSPS) is 11.7. The number of carboxylic acids is 1. The smallest absolute Gasteiger partial charge is 0.347 e. The van der Waals surface area contributed by atoms with Gasteiger partial charge < -0.3 is 5.11 Å². The van der Waals surface area contributed by atoms with Crippen LogP contribution in [0, 0.1) is 13.8 Å². The Labute approximate surface area is 124 Å². The van der Waals surface area contributed by atoms with E-state index in [0.29, 0.717) is 10.6 Å². The lowest BCUT2D eigenvalue weighted by molar-refractivity contribution is 0.0698. The highest BCUT2D eigenvalue weighted by molar-refractivity contribution is 7.89. The lowest BCUT2D eigenvalue weighted by Gasteiger charge is -2.06. The van der Waals surface area contributed by atoms with Gasteiger partial charge >= 0.3 is 5.97 Å². The van der Waals surface area contributed by atoms with E-state index in [1.807, 2.05) is 12.3 Å². The Morgan fingerprint density at radius 1 is 1.35 bits per heavy atom. The molecule has 0 atom stereocenters. The number of hydrogen-bond donors (Lipinski definition) is 2. The molecule has 0 aromatic carbocycles. The second-order valence-corrected chi connectivity index (χ2v) is 7.62. The number of aromatic nitrogens is 1. The molecule has 0 amide bonds. The summed E-state index contributed by atoms with van der Waals surface area (Å²) in [7, 11) is -3.87. The van der Waals surface area contributed by atoms with E-state index in [9.17, 15) is 13.2 Å². The summed E-state index contributed by atoms with van der Waals surface area (Å²) < 4.78 is 26.8. The Morgan fingerprint density at radius 2 is 2.05 bits per heavy atom. The van der Waals surface area contributed by atoms with Crippen LogP contribution in [0.3, 0.4) is 0 Å². The summed E-state index contributed by atoms with van der Waals surface area (Å²) >= 11 is 2.26. The van der Waals surface area contributed by atoms with Crippen LogP contribution in [0.4, 0.5) is 0 Å². The maximum Gasteiger partial charge on any atom is 0.347 e. The molecule has 2 rings (SSSR count). The number of thiazole rings is 1. The van der Waals surface area contributed by atoms with E-state index >= 15 is 0 Å². The van der Waals surface area contributed by atoms with Crippen molar-refractivity contribution in [3.05, 3.63) is 31.9 Å². The van der Waals surface area contributed by atoms with E-state index in [-0.39, 0.29) is 16.3 Å². The minimum Gasteiger partial charge on any atom is -0.477 e. The summed E-state index contributed by atoms with van der Waals surface area (Å²) in [6, 6.07) is 0. The number of nitrogens with one attached hydrogen (secondary N) is 1. The fourth-order valence-electron chi connectivity index (χ4n) is 1.63. The molecule has 9 heteroatoms. The summed E-state index contributed by atoms with van der Waals surface area (Å²) in [5.74, 6) is -1.24. The summed E-state index contributed by atoms with van der Waals surface area (Å²) in [5, 5.41) is 13.0. The molecule has 0 fully saturated rings. The van der Waals surface area contributed by atoms with Gasteiger partial charge in [0.2, 0.25) is 10.0 Å². The number of carboxylic acid groups (broad SMARTS) is 1. The van der Waals surface area contributed by atoms with Crippen molar-refractivity contribution >= 4 is 38.7 Å². The van der Waals surface area contributed by atoms with Crippen molar-refractivity contribution in [3.8, 4) is 0 Å². The highest BCUT2D eigenvalue weighted by Gasteiger charge is 2.26. The molecule has 0 bridgehead atoms. The van der Waals surface area contributed by atoms with Crippen LogP contribution >= 0.6 is 22.7 Å². The van der Waals surface area contributed by atoms with Crippen LogP contribution in [0.1, 0.15) is 25.9 Å². The molecular weight excluding hydrogens is 320 g/mol. The molecule has 2 heterocycles. The molecule has 0 saturated heterocycles. The van der Waals surface area contributed by atoms with Crippen molar-refractivity contribution in [1.29, 1.82) is 0 Å². The molecule has 0 radical (unpaired) electrons. The average Bonchev–Trinajstić information content (AvgIpc) is 2.93. The van der Waals surface area contributed by atoms with Gasteiger partial charge in [-0.1, -0.05) is 0 Å². The minimum atomic E-state index is -3.87. The number of aryl methyl sites for hydroxylation is 2. The first-order chi connectivity index (χ1) is 9.31. The molecule has 0 aliphatic rings. The summed E-state index contributed by atoms with van der Waals surface area (Å²) in [4.78, 5) is 14.9. The van der Waals surface area contributed by atoms with Crippen molar-refractivity contribution in [2.45, 2.75) is 25.3 Å².